The Morgan fingerprint density at radius 1 is 1.37 bits per heavy atom. The van der Waals surface area contributed by atoms with Gasteiger partial charge < -0.3 is 4.74 Å². The van der Waals surface area contributed by atoms with Gasteiger partial charge in [-0.05, 0) is 45.6 Å². The molecule has 0 spiro atoms. The first-order valence-electron chi connectivity index (χ1n) is 6.57. The Labute approximate surface area is 115 Å². The van der Waals surface area contributed by atoms with Gasteiger partial charge in [0.25, 0.3) is 0 Å². The van der Waals surface area contributed by atoms with Crippen LogP contribution in [0.15, 0.2) is 34.6 Å². The summed E-state index contributed by atoms with van der Waals surface area (Å²) in [5, 5.41) is 0. The van der Waals surface area contributed by atoms with Gasteiger partial charge in [-0.15, -0.1) is 0 Å². The molecule has 19 heavy (non-hydrogen) atoms. The fraction of sp³-hybridized carbons (Fsp3) is 0.500. The highest BCUT2D eigenvalue weighted by molar-refractivity contribution is 6.21. The lowest BCUT2D eigenvalue weighted by atomic mass is 9.85. The van der Waals surface area contributed by atoms with Crippen LogP contribution < -0.4 is 0 Å². The molecule has 0 N–H and O–H groups in total. The van der Waals surface area contributed by atoms with Crippen molar-refractivity contribution in [3.05, 3.63) is 34.6 Å². The number of ketones is 2. The van der Waals surface area contributed by atoms with Crippen molar-refractivity contribution >= 4 is 11.6 Å². The molecule has 1 aliphatic carbocycles. The maximum Gasteiger partial charge on any atom is 0.223 e. The normalized spacial score (nSPS) is 17.2. The third kappa shape index (κ3) is 3.66. The quantitative estimate of drug-likeness (QED) is 0.563. The molecule has 0 aliphatic heterocycles. The highest BCUT2D eigenvalue weighted by atomic mass is 16.5. The molecule has 1 aliphatic rings. The average Bonchev–Trinajstić information content (AvgIpc) is 2.32. The minimum Gasteiger partial charge on any atom is -0.492 e. The van der Waals surface area contributed by atoms with Crippen LogP contribution in [0, 0.1) is 5.92 Å². The summed E-state index contributed by atoms with van der Waals surface area (Å²) in [6.45, 7) is 7.70. The summed E-state index contributed by atoms with van der Waals surface area (Å²) >= 11 is 0. The molecule has 0 amide bonds. The van der Waals surface area contributed by atoms with Crippen molar-refractivity contribution in [2.24, 2.45) is 5.92 Å². The Kier molecular flexibility index (Phi) is 5.28. The summed E-state index contributed by atoms with van der Waals surface area (Å²) in [5.41, 5.74) is 2.22. The van der Waals surface area contributed by atoms with Crippen LogP contribution in [0.4, 0.5) is 0 Å². The summed E-state index contributed by atoms with van der Waals surface area (Å²) in [6, 6.07) is 0. The van der Waals surface area contributed by atoms with Crippen LogP contribution in [0.3, 0.4) is 0 Å². The first-order chi connectivity index (χ1) is 8.88. The summed E-state index contributed by atoms with van der Waals surface area (Å²) in [5.74, 6) is -0.0362. The van der Waals surface area contributed by atoms with Gasteiger partial charge in [-0.2, -0.15) is 0 Å². The molecule has 0 saturated carbocycles. The molecular weight excluding hydrogens is 240 g/mol. The van der Waals surface area contributed by atoms with Crippen LogP contribution in [0.5, 0.6) is 0 Å². The highest BCUT2D eigenvalue weighted by Gasteiger charge is 2.30. The van der Waals surface area contributed by atoms with E-state index in [4.69, 9.17) is 4.74 Å². The van der Waals surface area contributed by atoms with Crippen molar-refractivity contribution in [2.75, 3.05) is 7.11 Å². The SMILES string of the molecule is COC1=C([C@H](C)CCC=C(C)C)C(=O)C=C(C)C1=O. The van der Waals surface area contributed by atoms with E-state index in [0.29, 0.717) is 11.1 Å². The van der Waals surface area contributed by atoms with Crippen LogP contribution >= 0.6 is 0 Å². The minimum atomic E-state index is -0.175. The number of rotatable bonds is 5. The van der Waals surface area contributed by atoms with Gasteiger partial charge in [0, 0.05) is 11.1 Å². The molecule has 0 saturated heterocycles. The molecule has 0 heterocycles. The van der Waals surface area contributed by atoms with Crippen molar-refractivity contribution in [1.82, 2.24) is 0 Å². The first kappa shape index (κ1) is 15.4. The second kappa shape index (κ2) is 6.50. The standard InChI is InChI=1S/C16H22O3/c1-10(2)7-6-8-11(3)14-13(17)9-12(4)15(18)16(14)19-5/h7,9,11H,6,8H2,1-5H3/t11-/m1/s1. The van der Waals surface area contributed by atoms with Gasteiger partial charge in [0.1, 0.15) is 0 Å². The first-order valence-corrected chi connectivity index (χ1v) is 6.57. The molecule has 0 aromatic heterocycles. The molecule has 1 rings (SSSR count). The largest absolute Gasteiger partial charge is 0.492 e. The van der Waals surface area contributed by atoms with Crippen molar-refractivity contribution < 1.29 is 14.3 Å². The summed E-state index contributed by atoms with van der Waals surface area (Å²) < 4.78 is 5.16. The Hall–Kier alpha value is -1.64. The predicted octanol–water partition coefficient (Wildman–Crippen LogP) is 3.37. The van der Waals surface area contributed by atoms with Crippen LogP contribution in [0.2, 0.25) is 0 Å². The van der Waals surface area contributed by atoms with E-state index in [9.17, 15) is 9.59 Å². The zero-order valence-electron chi connectivity index (χ0n) is 12.4. The molecule has 0 radical (unpaired) electrons. The maximum atomic E-state index is 12.1. The topological polar surface area (TPSA) is 43.4 Å². The highest BCUT2D eigenvalue weighted by Crippen LogP contribution is 2.28. The van der Waals surface area contributed by atoms with Gasteiger partial charge >= 0.3 is 0 Å². The van der Waals surface area contributed by atoms with E-state index < -0.39 is 0 Å². The van der Waals surface area contributed by atoms with E-state index in [1.165, 1.54) is 18.8 Å². The average molecular weight is 262 g/mol. The molecule has 0 unspecified atom stereocenters. The van der Waals surface area contributed by atoms with Crippen molar-refractivity contribution in [3.63, 3.8) is 0 Å². The number of Topliss-reactive ketones (excluding diaryl/α,β-unsaturated/α-hetero) is 1. The second-order valence-electron chi connectivity index (χ2n) is 5.23. The van der Waals surface area contributed by atoms with Crippen LogP contribution in [0.25, 0.3) is 0 Å². The second-order valence-corrected chi connectivity index (χ2v) is 5.23. The number of ether oxygens (including phenoxy) is 1. The molecule has 0 aromatic carbocycles. The lowest BCUT2D eigenvalue weighted by Gasteiger charge is -2.20. The Morgan fingerprint density at radius 3 is 2.53 bits per heavy atom. The third-order valence-corrected chi connectivity index (χ3v) is 3.27. The Morgan fingerprint density at radius 2 is 2.00 bits per heavy atom. The molecule has 3 nitrogen and oxygen atoms in total. The molecular formula is C16H22O3. The zero-order valence-corrected chi connectivity index (χ0v) is 12.4. The number of allylic oxidation sites excluding steroid dienone is 5. The lowest BCUT2D eigenvalue weighted by molar-refractivity contribution is -0.118. The fourth-order valence-corrected chi connectivity index (χ4v) is 2.19. The van der Waals surface area contributed by atoms with Crippen LogP contribution in [-0.4, -0.2) is 18.7 Å². The lowest BCUT2D eigenvalue weighted by Crippen LogP contribution is -2.23. The minimum absolute atomic E-state index is 0.0198. The third-order valence-electron chi connectivity index (χ3n) is 3.27. The van der Waals surface area contributed by atoms with E-state index in [-0.39, 0.29) is 23.2 Å². The zero-order chi connectivity index (χ0) is 14.6. The van der Waals surface area contributed by atoms with Crippen LogP contribution in [0.1, 0.15) is 40.5 Å². The van der Waals surface area contributed by atoms with E-state index in [0.717, 1.165) is 12.8 Å². The van der Waals surface area contributed by atoms with Gasteiger partial charge in [-0.25, -0.2) is 0 Å². The van der Waals surface area contributed by atoms with Crippen molar-refractivity contribution in [2.45, 2.75) is 40.5 Å². The van der Waals surface area contributed by atoms with Gasteiger partial charge in [0.2, 0.25) is 5.78 Å². The van der Waals surface area contributed by atoms with E-state index in [1.54, 1.807) is 6.92 Å². The van der Waals surface area contributed by atoms with E-state index in [1.807, 2.05) is 20.8 Å². The summed E-state index contributed by atoms with van der Waals surface area (Å²) in [6.07, 6.45) is 5.28. The molecule has 104 valence electrons. The monoisotopic (exact) mass is 262 g/mol. The van der Waals surface area contributed by atoms with Gasteiger partial charge in [-0.1, -0.05) is 18.6 Å². The number of carbonyl (C=O) groups is 2. The fourth-order valence-electron chi connectivity index (χ4n) is 2.19. The van der Waals surface area contributed by atoms with E-state index in [2.05, 4.69) is 6.08 Å². The molecule has 0 bridgehead atoms. The Balaban J connectivity index is 2.95. The number of methoxy groups -OCH3 is 1. The van der Waals surface area contributed by atoms with Gasteiger partial charge in [0.05, 0.1) is 7.11 Å². The molecule has 0 aromatic rings. The van der Waals surface area contributed by atoms with Crippen molar-refractivity contribution in [1.29, 1.82) is 0 Å². The molecule has 3 heteroatoms. The summed E-state index contributed by atoms with van der Waals surface area (Å²) in [4.78, 5) is 24.1. The molecule has 0 fully saturated rings. The van der Waals surface area contributed by atoms with Crippen molar-refractivity contribution in [3.8, 4) is 0 Å². The number of hydrogen-bond acceptors (Lipinski definition) is 3. The van der Waals surface area contributed by atoms with Crippen LogP contribution in [-0.2, 0) is 14.3 Å². The van der Waals surface area contributed by atoms with Gasteiger partial charge in [0.15, 0.2) is 11.5 Å². The smallest absolute Gasteiger partial charge is 0.223 e. The Bertz CT molecular complexity index is 474. The number of hydrogen-bond donors (Lipinski definition) is 0. The predicted molar refractivity (Wildman–Crippen MR) is 75.6 cm³/mol. The maximum absolute atomic E-state index is 12.1. The number of carbonyl (C=O) groups excluding carboxylic acids is 2. The molecule has 1 atom stereocenters. The van der Waals surface area contributed by atoms with E-state index >= 15 is 0 Å². The summed E-state index contributed by atoms with van der Waals surface area (Å²) in [7, 11) is 1.45. The van der Waals surface area contributed by atoms with Gasteiger partial charge in [-0.3, -0.25) is 9.59 Å².